The minimum atomic E-state index is 0.772. The van der Waals surface area contributed by atoms with Crippen LogP contribution in [0.4, 0.5) is 10.8 Å². The molecule has 4 aromatic rings. The summed E-state index contributed by atoms with van der Waals surface area (Å²) in [5, 5.41) is 18.1. The first kappa shape index (κ1) is 18.2. The Morgan fingerprint density at radius 3 is 2.70 bits per heavy atom. The summed E-state index contributed by atoms with van der Waals surface area (Å²) in [4.78, 5) is 5.83. The number of thiazole rings is 1. The van der Waals surface area contributed by atoms with Gasteiger partial charge in [-0.2, -0.15) is 0 Å². The Hall–Kier alpha value is -2.16. The summed E-state index contributed by atoms with van der Waals surface area (Å²) < 4.78 is 2.16. The third kappa shape index (κ3) is 4.23. The average molecular weight is 414 g/mol. The molecule has 27 heavy (non-hydrogen) atoms. The maximum Gasteiger partial charge on any atom is 0.191 e. The van der Waals surface area contributed by atoms with Gasteiger partial charge in [0.2, 0.25) is 0 Å². The Morgan fingerprint density at radius 2 is 1.96 bits per heavy atom. The number of anilines is 2. The number of thioether (sulfide) groups is 1. The van der Waals surface area contributed by atoms with Crippen molar-refractivity contribution in [1.82, 2.24) is 19.7 Å². The van der Waals surface area contributed by atoms with Gasteiger partial charge >= 0.3 is 0 Å². The number of hydrogen-bond acceptors (Lipinski definition) is 7. The lowest BCUT2D eigenvalue weighted by Crippen LogP contribution is -1.99. The van der Waals surface area contributed by atoms with Crippen LogP contribution >= 0.6 is 34.4 Å². The normalized spacial score (nSPS) is 11.0. The topological polar surface area (TPSA) is 55.6 Å². The van der Waals surface area contributed by atoms with Gasteiger partial charge in [0.05, 0.1) is 10.6 Å². The summed E-state index contributed by atoms with van der Waals surface area (Å²) in [5.41, 5.74) is 3.35. The van der Waals surface area contributed by atoms with Crippen LogP contribution in [0.2, 0.25) is 0 Å². The van der Waals surface area contributed by atoms with Crippen molar-refractivity contribution < 1.29 is 0 Å². The van der Waals surface area contributed by atoms with Crippen LogP contribution in [0.5, 0.6) is 0 Å². The Kier molecular flexibility index (Phi) is 5.56. The Balaban J connectivity index is 1.42. The molecule has 0 saturated heterocycles. The molecule has 1 aromatic carbocycles. The molecule has 0 unspecified atom stereocenters. The zero-order chi connectivity index (χ0) is 18.6. The first-order valence-electron chi connectivity index (χ1n) is 8.61. The number of aryl methyl sites for hydroxylation is 1. The van der Waals surface area contributed by atoms with Crippen molar-refractivity contribution in [1.29, 1.82) is 0 Å². The van der Waals surface area contributed by atoms with Gasteiger partial charge in [-0.3, -0.25) is 0 Å². The maximum absolute atomic E-state index is 4.69. The molecule has 0 saturated carbocycles. The molecule has 0 fully saturated rings. The summed E-state index contributed by atoms with van der Waals surface area (Å²) in [6.45, 7) is 5.05. The number of hydrogen-bond donors (Lipinski definition) is 1. The molecular weight excluding hydrogens is 394 g/mol. The molecule has 0 amide bonds. The van der Waals surface area contributed by atoms with Gasteiger partial charge in [-0.05, 0) is 37.4 Å². The molecule has 0 aliphatic heterocycles. The molecule has 1 N–H and O–H groups in total. The highest BCUT2D eigenvalue weighted by molar-refractivity contribution is 7.98. The Labute approximate surface area is 170 Å². The van der Waals surface area contributed by atoms with E-state index in [0.29, 0.717) is 0 Å². The fourth-order valence-electron chi connectivity index (χ4n) is 2.60. The summed E-state index contributed by atoms with van der Waals surface area (Å²) in [7, 11) is 0. The van der Waals surface area contributed by atoms with E-state index in [-0.39, 0.29) is 0 Å². The Morgan fingerprint density at radius 1 is 1.11 bits per heavy atom. The number of rotatable bonds is 7. The van der Waals surface area contributed by atoms with E-state index in [1.807, 2.05) is 6.07 Å². The van der Waals surface area contributed by atoms with Gasteiger partial charge in [0.15, 0.2) is 16.1 Å². The second kappa shape index (κ2) is 8.24. The van der Waals surface area contributed by atoms with E-state index in [1.165, 1.54) is 5.56 Å². The molecule has 3 aromatic heterocycles. The SMILES string of the molecule is CCn1c(SCc2csc(Nc3ccc(C)cc3)n2)nnc1-c1cccs1. The zero-order valence-corrected chi connectivity index (χ0v) is 17.5. The summed E-state index contributed by atoms with van der Waals surface area (Å²) in [6, 6.07) is 12.4. The monoisotopic (exact) mass is 413 g/mol. The van der Waals surface area contributed by atoms with Crippen LogP contribution in [-0.4, -0.2) is 19.7 Å². The number of thiophene rings is 1. The van der Waals surface area contributed by atoms with Crippen LogP contribution in [0.1, 0.15) is 18.2 Å². The second-order valence-corrected chi connectivity index (χ2v) is 8.70. The molecular formula is C19H19N5S3. The Bertz CT molecular complexity index is 1000. The molecule has 3 heterocycles. The van der Waals surface area contributed by atoms with E-state index in [9.17, 15) is 0 Å². The molecule has 138 valence electrons. The zero-order valence-electron chi connectivity index (χ0n) is 15.0. The summed E-state index contributed by atoms with van der Waals surface area (Å²) in [6.07, 6.45) is 0. The van der Waals surface area contributed by atoms with E-state index in [1.54, 1.807) is 34.4 Å². The summed E-state index contributed by atoms with van der Waals surface area (Å²) >= 11 is 4.98. The quantitative estimate of drug-likeness (QED) is 0.386. The van der Waals surface area contributed by atoms with Gasteiger partial charge in [0.25, 0.3) is 0 Å². The molecule has 0 radical (unpaired) electrons. The van der Waals surface area contributed by atoms with Crippen molar-refractivity contribution in [2.24, 2.45) is 0 Å². The second-order valence-electron chi connectivity index (χ2n) is 5.95. The molecule has 0 aliphatic rings. The lowest BCUT2D eigenvalue weighted by atomic mass is 10.2. The smallest absolute Gasteiger partial charge is 0.191 e. The lowest BCUT2D eigenvalue weighted by Gasteiger charge is -2.05. The van der Waals surface area contributed by atoms with E-state index in [4.69, 9.17) is 0 Å². The highest BCUT2D eigenvalue weighted by atomic mass is 32.2. The first-order valence-corrected chi connectivity index (χ1v) is 11.4. The van der Waals surface area contributed by atoms with E-state index in [2.05, 4.69) is 80.0 Å². The van der Waals surface area contributed by atoms with Gasteiger partial charge < -0.3 is 9.88 Å². The van der Waals surface area contributed by atoms with E-state index < -0.39 is 0 Å². The van der Waals surface area contributed by atoms with Crippen molar-refractivity contribution in [2.75, 3.05) is 5.32 Å². The van der Waals surface area contributed by atoms with E-state index in [0.717, 1.165) is 44.7 Å². The van der Waals surface area contributed by atoms with Crippen molar-refractivity contribution in [3.8, 4) is 10.7 Å². The largest absolute Gasteiger partial charge is 0.332 e. The lowest BCUT2D eigenvalue weighted by molar-refractivity contribution is 0.688. The molecule has 0 atom stereocenters. The van der Waals surface area contributed by atoms with E-state index >= 15 is 0 Å². The van der Waals surface area contributed by atoms with Crippen LogP contribution in [0.25, 0.3) is 10.7 Å². The first-order chi connectivity index (χ1) is 13.2. The van der Waals surface area contributed by atoms with Gasteiger partial charge in [0.1, 0.15) is 0 Å². The number of aromatic nitrogens is 4. The third-order valence-electron chi connectivity index (χ3n) is 3.98. The van der Waals surface area contributed by atoms with Gasteiger partial charge in [-0.15, -0.1) is 32.9 Å². The maximum atomic E-state index is 4.69. The molecule has 0 aliphatic carbocycles. The predicted molar refractivity (Wildman–Crippen MR) is 115 cm³/mol. The van der Waals surface area contributed by atoms with Gasteiger partial charge in [0, 0.05) is 23.4 Å². The minimum absolute atomic E-state index is 0.772. The van der Waals surface area contributed by atoms with Crippen LogP contribution < -0.4 is 5.32 Å². The fourth-order valence-corrected chi connectivity index (χ4v) is 5.05. The van der Waals surface area contributed by atoms with Crippen LogP contribution in [0.3, 0.4) is 0 Å². The van der Waals surface area contributed by atoms with Crippen LogP contribution in [-0.2, 0) is 12.3 Å². The van der Waals surface area contributed by atoms with Crippen molar-refractivity contribution in [2.45, 2.75) is 31.3 Å². The van der Waals surface area contributed by atoms with Crippen molar-refractivity contribution in [3.63, 3.8) is 0 Å². The average Bonchev–Trinajstić information content (AvgIpc) is 3.42. The molecule has 0 bridgehead atoms. The third-order valence-corrected chi connectivity index (χ3v) is 6.65. The van der Waals surface area contributed by atoms with Gasteiger partial charge in [-0.1, -0.05) is 35.5 Å². The van der Waals surface area contributed by atoms with Crippen molar-refractivity contribution in [3.05, 3.63) is 58.4 Å². The molecule has 5 nitrogen and oxygen atoms in total. The molecule has 4 rings (SSSR count). The molecule has 8 heteroatoms. The number of nitrogens with one attached hydrogen (secondary N) is 1. The van der Waals surface area contributed by atoms with Gasteiger partial charge in [-0.25, -0.2) is 4.98 Å². The minimum Gasteiger partial charge on any atom is -0.332 e. The highest BCUT2D eigenvalue weighted by Gasteiger charge is 2.14. The summed E-state index contributed by atoms with van der Waals surface area (Å²) in [5.74, 6) is 1.71. The van der Waals surface area contributed by atoms with Crippen LogP contribution in [0, 0.1) is 6.92 Å². The highest BCUT2D eigenvalue weighted by Crippen LogP contribution is 2.30. The van der Waals surface area contributed by atoms with Crippen LogP contribution in [0.15, 0.2) is 52.3 Å². The number of benzene rings is 1. The number of nitrogens with zero attached hydrogens (tertiary/aromatic N) is 4. The van der Waals surface area contributed by atoms with Crippen molar-refractivity contribution >= 4 is 45.3 Å². The predicted octanol–water partition coefficient (Wildman–Crippen LogP) is 5.83. The standard InChI is InChI=1S/C19H19N5S3/c1-3-24-17(16-5-4-10-25-16)22-23-19(24)27-12-15-11-26-18(21-15)20-14-8-6-13(2)7-9-14/h4-11H,3,12H2,1-2H3,(H,20,21). The molecule has 0 spiro atoms. The fraction of sp³-hybridized carbons (Fsp3) is 0.211.